The first-order valence-corrected chi connectivity index (χ1v) is 9.95. The predicted molar refractivity (Wildman–Crippen MR) is 113 cm³/mol. The molecule has 7 heteroatoms. The molecule has 1 aliphatic heterocycles. The Kier molecular flexibility index (Phi) is 5.83. The van der Waals surface area contributed by atoms with E-state index in [9.17, 15) is 4.79 Å². The van der Waals surface area contributed by atoms with Crippen molar-refractivity contribution in [3.63, 3.8) is 0 Å². The number of methoxy groups -OCH3 is 1. The smallest absolute Gasteiger partial charge is 0.257 e. The zero-order valence-corrected chi connectivity index (χ0v) is 17.0. The molecule has 150 valence electrons. The van der Waals surface area contributed by atoms with Gasteiger partial charge in [0.2, 0.25) is 0 Å². The third-order valence-corrected chi connectivity index (χ3v) is 5.50. The maximum Gasteiger partial charge on any atom is 0.257 e. The van der Waals surface area contributed by atoms with Crippen molar-refractivity contribution in [2.24, 2.45) is 0 Å². The summed E-state index contributed by atoms with van der Waals surface area (Å²) >= 11 is 6.49. The highest BCUT2D eigenvalue weighted by molar-refractivity contribution is 6.33. The van der Waals surface area contributed by atoms with Crippen molar-refractivity contribution in [1.29, 1.82) is 0 Å². The number of halogens is 1. The maximum absolute atomic E-state index is 13.1. The minimum absolute atomic E-state index is 0.0497. The molecule has 0 radical (unpaired) electrons. The molecule has 1 aliphatic rings. The van der Waals surface area contributed by atoms with Crippen LogP contribution >= 0.6 is 11.6 Å². The van der Waals surface area contributed by atoms with Gasteiger partial charge in [-0.25, -0.2) is 0 Å². The van der Waals surface area contributed by atoms with Crippen molar-refractivity contribution in [2.75, 3.05) is 33.3 Å². The lowest BCUT2D eigenvalue weighted by Gasteiger charge is -2.35. The summed E-state index contributed by atoms with van der Waals surface area (Å²) in [5.74, 6) is 0.480. The van der Waals surface area contributed by atoms with Gasteiger partial charge in [0, 0.05) is 63.6 Å². The quantitative estimate of drug-likeness (QED) is 0.646. The van der Waals surface area contributed by atoms with Crippen LogP contribution in [-0.4, -0.2) is 58.5 Å². The first-order valence-electron chi connectivity index (χ1n) is 9.57. The highest BCUT2D eigenvalue weighted by Crippen LogP contribution is 2.31. The Hall–Kier alpha value is -2.83. The molecule has 0 aliphatic carbocycles. The van der Waals surface area contributed by atoms with Crippen LogP contribution in [0.4, 0.5) is 0 Å². The Morgan fingerprint density at radius 2 is 1.79 bits per heavy atom. The lowest BCUT2D eigenvalue weighted by Crippen LogP contribution is -2.48. The molecule has 4 rings (SSSR count). The van der Waals surface area contributed by atoms with Crippen LogP contribution in [0.2, 0.25) is 5.02 Å². The van der Waals surface area contributed by atoms with Gasteiger partial charge in [0.25, 0.3) is 5.91 Å². The molecule has 0 saturated carbocycles. The fraction of sp³-hybridized carbons (Fsp3) is 0.273. The fourth-order valence-electron chi connectivity index (χ4n) is 3.60. The van der Waals surface area contributed by atoms with E-state index in [1.165, 1.54) is 5.56 Å². The van der Waals surface area contributed by atoms with Gasteiger partial charge in [-0.3, -0.25) is 14.7 Å². The Morgan fingerprint density at radius 3 is 2.45 bits per heavy atom. The molecule has 3 heterocycles. The average Bonchev–Trinajstić information content (AvgIpc) is 3.29. The first kappa shape index (κ1) is 19.5. The summed E-state index contributed by atoms with van der Waals surface area (Å²) in [6.45, 7) is 3.86. The number of benzene rings is 1. The standard InChI is InChI=1S/C22H23ClN4O2/c1-29-21-15-20(26-8-2-3-9-26)19(23)14-18(21)22(28)27-12-10-25(11-13-27)16-17-4-6-24-7-5-17/h2-9,14-15H,10-13,16H2,1H3. The van der Waals surface area contributed by atoms with Gasteiger partial charge in [0.15, 0.2) is 0 Å². The van der Waals surface area contributed by atoms with Crippen LogP contribution in [0.1, 0.15) is 15.9 Å². The van der Waals surface area contributed by atoms with Crippen molar-refractivity contribution in [2.45, 2.75) is 6.54 Å². The largest absolute Gasteiger partial charge is 0.496 e. The zero-order valence-electron chi connectivity index (χ0n) is 16.3. The molecule has 0 unspecified atom stereocenters. The molecule has 0 atom stereocenters. The first-order chi connectivity index (χ1) is 14.2. The summed E-state index contributed by atoms with van der Waals surface area (Å²) < 4.78 is 7.42. The minimum Gasteiger partial charge on any atom is -0.496 e. The van der Waals surface area contributed by atoms with Gasteiger partial charge < -0.3 is 14.2 Å². The second-order valence-corrected chi connectivity index (χ2v) is 7.43. The van der Waals surface area contributed by atoms with Crippen molar-refractivity contribution >= 4 is 17.5 Å². The number of carbonyl (C=O) groups is 1. The summed E-state index contributed by atoms with van der Waals surface area (Å²) in [6, 6.07) is 11.4. The molecule has 29 heavy (non-hydrogen) atoms. The van der Waals surface area contributed by atoms with E-state index in [2.05, 4.69) is 9.88 Å². The number of nitrogens with zero attached hydrogens (tertiary/aromatic N) is 4. The van der Waals surface area contributed by atoms with E-state index >= 15 is 0 Å². The van der Waals surface area contributed by atoms with Crippen LogP contribution in [0.25, 0.3) is 5.69 Å². The van der Waals surface area contributed by atoms with Gasteiger partial charge in [-0.15, -0.1) is 0 Å². The third kappa shape index (κ3) is 4.28. The van der Waals surface area contributed by atoms with E-state index in [-0.39, 0.29) is 5.91 Å². The Bertz CT molecular complexity index is 968. The Balaban J connectivity index is 1.46. The van der Waals surface area contributed by atoms with Gasteiger partial charge >= 0.3 is 0 Å². The summed E-state index contributed by atoms with van der Waals surface area (Å²) in [6.07, 6.45) is 7.43. The van der Waals surface area contributed by atoms with Crippen LogP contribution in [0, 0.1) is 0 Å². The number of pyridine rings is 1. The van der Waals surface area contributed by atoms with Gasteiger partial charge in [-0.05, 0) is 35.9 Å². The second-order valence-electron chi connectivity index (χ2n) is 7.02. The SMILES string of the molecule is COc1cc(-n2cccc2)c(Cl)cc1C(=O)N1CCN(Cc2ccncc2)CC1. The molecule has 3 aromatic rings. The number of aromatic nitrogens is 2. The highest BCUT2D eigenvalue weighted by Gasteiger charge is 2.25. The van der Waals surface area contributed by atoms with Crippen molar-refractivity contribution in [3.05, 3.63) is 77.3 Å². The van der Waals surface area contributed by atoms with Gasteiger partial charge in [0.05, 0.1) is 23.4 Å². The number of amides is 1. The minimum atomic E-state index is -0.0497. The second kappa shape index (κ2) is 8.68. The molecule has 1 amide bonds. The molecule has 1 fully saturated rings. The molecule has 1 aromatic carbocycles. The maximum atomic E-state index is 13.1. The molecule has 0 bridgehead atoms. The van der Waals surface area contributed by atoms with E-state index in [4.69, 9.17) is 16.3 Å². The number of rotatable bonds is 5. The number of hydrogen-bond donors (Lipinski definition) is 0. The summed E-state index contributed by atoms with van der Waals surface area (Å²) in [7, 11) is 1.58. The molecular weight excluding hydrogens is 388 g/mol. The Morgan fingerprint density at radius 1 is 1.10 bits per heavy atom. The van der Waals surface area contributed by atoms with E-state index in [1.54, 1.807) is 13.2 Å². The van der Waals surface area contributed by atoms with E-state index < -0.39 is 0 Å². The van der Waals surface area contributed by atoms with Crippen LogP contribution < -0.4 is 4.74 Å². The van der Waals surface area contributed by atoms with Crippen molar-refractivity contribution < 1.29 is 9.53 Å². The normalized spacial score (nSPS) is 14.8. The van der Waals surface area contributed by atoms with E-state index in [1.807, 2.05) is 64.6 Å². The van der Waals surface area contributed by atoms with Gasteiger partial charge in [0.1, 0.15) is 5.75 Å². The molecule has 6 nitrogen and oxygen atoms in total. The number of carbonyl (C=O) groups excluding carboxylic acids is 1. The molecule has 1 saturated heterocycles. The zero-order chi connectivity index (χ0) is 20.2. The summed E-state index contributed by atoms with van der Waals surface area (Å²) in [5, 5.41) is 0.515. The number of piperazine rings is 1. The highest BCUT2D eigenvalue weighted by atomic mass is 35.5. The lowest BCUT2D eigenvalue weighted by atomic mass is 10.1. The molecule has 2 aromatic heterocycles. The monoisotopic (exact) mass is 410 g/mol. The fourth-order valence-corrected chi connectivity index (χ4v) is 3.86. The lowest BCUT2D eigenvalue weighted by molar-refractivity contribution is 0.0625. The van der Waals surface area contributed by atoms with Crippen molar-refractivity contribution in [1.82, 2.24) is 19.4 Å². The van der Waals surface area contributed by atoms with Crippen LogP contribution in [-0.2, 0) is 6.54 Å². The van der Waals surface area contributed by atoms with E-state index in [0.29, 0.717) is 29.4 Å². The topological polar surface area (TPSA) is 50.6 Å². The average molecular weight is 411 g/mol. The molecular formula is C22H23ClN4O2. The summed E-state index contributed by atoms with van der Waals surface area (Å²) in [5.41, 5.74) is 2.51. The third-order valence-electron chi connectivity index (χ3n) is 5.20. The Labute approximate surface area is 175 Å². The summed E-state index contributed by atoms with van der Waals surface area (Å²) in [4.78, 5) is 21.4. The molecule has 0 N–H and O–H groups in total. The van der Waals surface area contributed by atoms with Crippen LogP contribution in [0.15, 0.2) is 61.2 Å². The van der Waals surface area contributed by atoms with E-state index in [0.717, 1.165) is 25.3 Å². The van der Waals surface area contributed by atoms with Crippen LogP contribution in [0.5, 0.6) is 5.75 Å². The predicted octanol–water partition coefficient (Wildman–Crippen LogP) is 3.49. The number of hydrogen-bond acceptors (Lipinski definition) is 4. The van der Waals surface area contributed by atoms with Crippen LogP contribution in [0.3, 0.4) is 0 Å². The van der Waals surface area contributed by atoms with Gasteiger partial charge in [-0.1, -0.05) is 11.6 Å². The van der Waals surface area contributed by atoms with Crippen molar-refractivity contribution in [3.8, 4) is 11.4 Å². The number of ether oxygens (including phenoxy) is 1. The molecule has 0 spiro atoms. The van der Waals surface area contributed by atoms with Gasteiger partial charge in [-0.2, -0.15) is 0 Å².